The van der Waals surface area contributed by atoms with Crippen molar-refractivity contribution in [2.75, 3.05) is 0 Å². The molecule has 86 valence electrons. The Hall–Kier alpha value is -1.11. The maximum absolute atomic E-state index is 11.9. The SMILES string of the molecule is C/C1=C/C2=C(/C=C\C(C)(C)C1)CCCC2=O. The second-order valence-corrected chi connectivity index (χ2v) is 5.71. The van der Waals surface area contributed by atoms with E-state index in [1.165, 1.54) is 11.1 Å². The van der Waals surface area contributed by atoms with Gasteiger partial charge in [-0.2, -0.15) is 0 Å². The van der Waals surface area contributed by atoms with Crippen LogP contribution in [0, 0.1) is 5.41 Å². The van der Waals surface area contributed by atoms with Crippen molar-refractivity contribution in [3.63, 3.8) is 0 Å². The minimum Gasteiger partial charge on any atom is -0.294 e. The number of carbonyl (C=O) groups excluding carboxylic acids is 1. The molecule has 0 amide bonds. The van der Waals surface area contributed by atoms with Gasteiger partial charge in [0, 0.05) is 12.0 Å². The molecule has 0 aromatic carbocycles. The molecule has 2 aliphatic rings. The van der Waals surface area contributed by atoms with Gasteiger partial charge in [0.25, 0.3) is 0 Å². The van der Waals surface area contributed by atoms with Crippen molar-refractivity contribution in [3.8, 4) is 0 Å². The first-order valence-electron chi connectivity index (χ1n) is 6.11. The third-order valence-electron chi connectivity index (χ3n) is 3.36. The summed E-state index contributed by atoms with van der Waals surface area (Å²) in [5.74, 6) is 0.324. The van der Waals surface area contributed by atoms with E-state index in [0.29, 0.717) is 5.78 Å². The number of carbonyl (C=O) groups is 1. The molecule has 0 saturated carbocycles. The van der Waals surface area contributed by atoms with Gasteiger partial charge in [-0.15, -0.1) is 0 Å². The molecule has 0 aromatic heterocycles. The Balaban J connectivity index is 2.47. The summed E-state index contributed by atoms with van der Waals surface area (Å²) in [6.45, 7) is 6.63. The third-order valence-corrected chi connectivity index (χ3v) is 3.36. The minimum absolute atomic E-state index is 0.208. The summed E-state index contributed by atoms with van der Waals surface area (Å²) in [5.41, 5.74) is 3.73. The quantitative estimate of drug-likeness (QED) is 0.599. The smallest absolute Gasteiger partial charge is 0.163 e. The van der Waals surface area contributed by atoms with Gasteiger partial charge in [-0.05, 0) is 37.2 Å². The van der Waals surface area contributed by atoms with E-state index in [0.717, 1.165) is 31.3 Å². The molecule has 0 bridgehead atoms. The average molecular weight is 216 g/mol. The molecule has 2 aliphatic carbocycles. The summed E-state index contributed by atoms with van der Waals surface area (Å²) in [7, 11) is 0. The van der Waals surface area contributed by atoms with Gasteiger partial charge in [-0.1, -0.05) is 37.6 Å². The molecule has 0 N–H and O–H groups in total. The highest BCUT2D eigenvalue weighted by Crippen LogP contribution is 2.33. The van der Waals surface area contributed by atoms with Gasteiger partial charge in [-0.25, -0.2) is 0 Å². The van der Waals surface area contributed by atoms with Crippen molar-refractivity contribution in [2.24, 2.45) is 5.41 Å². The number of rotatable bonds is 0. The van der Waals surface area contributed by atoms with Gasteiger partial charge in [-0.3, -0.25) is 4.79 Å². The van der Waals surface area contributed by atoms with Crippen LogP contribution in [0.1, 0.15) is 46.5 Å². The fourth-order valence-electron chi connectivity index (χ4n) is 2.64. The summed E-state index contributed by atoms with van der Waals surface area (Å²) in [5, 5.41) is 0. The summed E-state index contributed by atoms with van der Waals surface area (Å²) in [4.78, 5) is 11.9. The van der Waals surface area contributed by atoms with Crippen LogP contribution < -0.4 is 0 Å². The molecule has 0 aromatic rings. The van der Waals surface area contributed by atoms with Crippen molar-refractivity contribution in [1.82, 2.24) is 0 Å². The normalized spacial score (nSPS) is 29.9. The molecule has 0 radical (unpaired) electrons. The highest BCUT2D eigenvalue weighted by molar-refractivity contribution is 6.00. The highest BCUT2D eigenvalue weighted by Gasteiger charge is 2.22. The summed E-state index contributed by atoms with van der Waals surface area (Å²) >= 11 is 0. The van der Waals surface area contributed by atoms with Crippen LogP contribution in [-0.2, 0) is 4.79 Å². The molecule has 0 aliphatic heterocycles. The van der Waals surface area contributed by atoms with Crippen LogP contribution in [0.2, 0.25) is 0 Å². The van der Waals surface area contributed by atoms with E-state index in [1.54, 1.807) is 0 Å². The van der Waals surface area contributed by atoms with Gasteiger partial charge in [0.15, 0.2) is 5.78 Å². The fourth-order valence-corrected chi connectivity index (χ4v) is 2.64. The van der Waals surface area contributed by atoms with Gasteiger partial charge < -0.3 is 0 Å². The fraction of sp³-hybridized carbons (Fsp3) is 0.533. The molecule has 0 unspecified atom stereocenters. The van der Waals surface area contributed by atoms with Crippen molar-refractivity contribution in [1.29, 1.82) is 0 Å². The van der Waals surface area contributed by atoms with Crippen LogP contribution in [-0.4, -0.2) is 5.78 Å². The Morgan fingerprint density at radius 2 is 2.00 bits per heavy atom. The number of allylic oxidation sites excluding steroid dienone is 6. The zero-order valence-electron chi connectivity index (χ0n) is 10.5. The van der Waals surface area contributed by atoms with Crippen LogP contribution in [0.3, 0.4) is 0 Å². The lowest BCUT2D eigenvalue weighted by molar-refractivity contribution is -0.115. The summed E-state index contributed by atoms with van der Waals surface area (Å²) in [6.07, 6.45) is 10.4. The molecule has 2 rings (SSSR count). The Kier molecular flexibility index (Phi) is 2.88. The van der Waals surface area contributed by atoms with Crippen LogP contribution in [0.5, 0.6) is 0 Å². The van der Waals surface area contributed by atoms with Crippen molar-refractivity contribution in [3.05, 3.63) is 34.9 Å². The van der Waals surface area contributed by atoms with E-state index in [1.807, 2.05) is 0 Å². The van der Waals surface area contributed by atoms with Crippen LogP contribution in [0.15, 0.2) is 34.9 Å². The Labute approximate surface area is 97.9 Å². The van der Waals surface area contributed by atoms with Gasteiger partial charge in [0.1, 0.15) is 0 Å². The molecule has 16 heavy (non-hydrogen) atoms. The van der Waals surface area contributed by atoms with Gasteiger partial charge in [0.2, 0.25) is 0 Å². The Morgan fingerprint density at radius 3 is 2.75 bits per heavy atom. The first-order chi connectivity index (χ1) is 7.48. The van der Waals surface area contributed by atoms with Crippen molar-refractivity contribution >= 4 is 5.78 Å². The first kappa shape index (κ1) is 11.4. The number of hydrogen-bond acceptors (Lipinski definition) is 1. The van der Waals surface area contributed by atoms with Crippen LogP contribution in [0.25, 0.3) is 0 Å². The number of ketones is 1. The predicted molar refractivity (Wildman–Crippen MR) is 67.2 cm³/mol. The molecule has 1 heteroatoms. The van der Waals surface area contributed by atoms with Gasteiger partial charge in [0.05, 0.1) is 0 Å². The monoisotopic (exact) mass is 216 g/mol. The second-order valence-electron chi connectivity index (χ2n) is 5.71. The zero-order valence-corrected chi connectivity index (χ0v) is 10.5. The molecule has 0 fully saturated rings. The van der Waals surface area contributed by atoms with Crippen molar-refractivity contribution < 1.29 is 4.79 Å². The lowest BCUT2D eigenvalue weighted by Gasteiger charge is -2.25. The summed E-state index contributed by atoms with van der Waals surface area (Å²) < 4.78 is 0. The average Bonchev–Trinajstić information content (AvgIpc) is 2.16. The molecule has 0 spiro atoms. The van der Waals surface area contributed by atoms with E-state index < -0.39 is 0 Å². The second kappa shape index (κ2) is 4.04. The number of hydrogen-bond donors (Lipinski definition) is 0. The van der Waals surface area contributed by atoms with Crippen molar-refractivity contribution in [2.45, 2.75) is 46.5 Å². The molecule has 0 saturated heterocycles. The topological polar surface area (TPSA) is 17.1 Å². The van der Waals surface area contributed by atoms with E-state index >= 15 is 0 Å². The highest BCUT2D eigenvalue weighted by atomic mass is 16.1. The Bertz CT molecular complexity index is 405. The summed E-state index contributed by atoms with van der Waals surface area (Å²) in [6, 6.07) is 0. The molecule has 0 heterocycles. The molecule has 0 atom stereocenters. The van der Waals surface area contributed by atoms with E-state index in [4.69, 9.17) is 0 Å². The maximum Gasteiger partial charge on any atom is 0.163 e. The van der Waals surface area contributed by atoms with Gasteiger partial charge >= 0.3 is 0 Å². The largest absolute Gasteiger partial charge is 0.294 e. The maximum atomic E-state index is 11.9. The number of Topliss-reactive ketones (excluding diaryl/α,β-unsaturated/α-hetero) is 1. The van der Waals surface area contributed by atoms with Crippen LogP contribution in [0.4, 0.5) is 0 Å². The Morgan fingerprint density at radius 1 is 1.25 bits per heavy atom. The lowest BCUT2D eigenvalue weighted by Crippen LogP contribution is -2.14. The van der Waals surface area contributed by atoms with Crippen LogP contribution >= 0.6 is 0 Å². The van der Waals surface area contributed by atoms with E-state index in [-0.39, 0.29) is 5.41 Å². The predicted octanol–water partition coefficient (Wildman–Crippen LogP) is 3.97. The van der Waals surface area contributed by atoms with E-state index in [2.05, 4.69) is 39.0 Å². The lowest BCUT2D eigenvalue weighted by atomic mass is 9.80. The molecular weight excluding hydrogens is 196 g/mol. The zero-order chi connectivity index (χ0) is 11.8. The standard InChI is InChI=1S/C15H20O/c1-11-9-13-12(5-4-6-14(13)16)7-8-15(2,3)10-11/h7-9H,4-6,10H2,1-3H3/b8-7-,11-9-. The van der Waals surface area contributed by atoms with E-state index in [9.17, 15) is 4.79 Å². The minimum atomic E-state index is 0.208. The molecule has 1 nitrogen and oxygen atoms in total. The third kappa shape index (κ3) is 2.34. The first-order valence-corrected chi connectivity index (χ1v) is 6.11. The molecular formula is C15H20O.